The first-order valence-corrected chi connectivity index (χ1v) is 5.62. The van der Waals surface area contributed by atoms with Crippen LogP contribution in [-0.2, 0) is 4.84 Å². The molecule has 0 aliphatic heterocycles. The van der Waals surface area contributed by atoms with Crippen LogP contribution in [0.1, 0.15) is 12.6 Å². The lowest BCUT2D eigenvalue weighted by molar-refractivity contribution is 0.160. The second-order valence-electron chi connectivity index (χ2n) is 3.30. The normalized spacial score (nSPS) is 11.6. The van der Waals surface area contributed by atoms with Gasteiger partial charge >= 0.3 is 0 Å². The molecule has 0 radical (unpaired) electrons. The molecule has 0 N–H and O–H groups in total. The number of halogens is 2. The fourth-order valence-corrected chi connectivity index (χ4v) is 1.36. The van der Waals surface area contributed by atoms with E-state index in [1.165, 1.54) is 23.1 Å². The van der Waals surface area contributed by atoms with Gasteiger partial charge in [-0.1, -0.05) is 16.8 Å². The van der Waals surface area contributed by atoms with Gasteiger partial charge < -0.3 is 4.84 Å². The molecule has 18 heavy (non-hydrogen) atoms. The molecule has 1 heterocycles. The van der Waals surface area contributed by atoms with E-state index in [1.54, 1.807) is 19.1 Å². The number of hydrogen-bond donors (Lipinski definition) is 0. The number of rotatable bonds is 4. The lowest BCUT2D eigenvalue weighted by Gasteiger charge is -1.98. The van der Waals surface area contributed by atoms with Gasteiger partial charge in [-0.05, 0) is 31.2 Å². The Morgan fingerprint density at radius 3 is 2.83 bits per heavy atom. The molecule has 1 aromatic heterocycles. The molecule has 0 bridgehead atoms. The van der Waals surface area contributed by atoms with Crippen molar-refractivity contribution in [3.05, 3.63) is 42.0 Å². The van der Waals surface area contributed by atoms with Crippen molar-refractivity contribution in [2.45, 2.75) is 6.92 Å². The lowest BCUT2D eigenvalue weighted by atomic mass is 10.3. The van der Waals surface area contributed by atoms with Crippen LogP contribution in [0.25, 0.3) is 5.69 Å². The zero-order valence-corrected chi connectivity index (χ0v) is 10.3. The van der Waals surface area contributed by atoms with Crippen LogP contribution in [0.2, 0.25) is 0 Å². The minimum atomic E-state index is -0.318. The summed E-state index contributed by atoms with van der Waals surface area (Å²) in [4.78, 5) is 6.14. The Labute approximate surface area is 108 Å². The van der Waals surface area contributed by atoms with Gasteiger partial charge in [0, 0.05) is 0 Å². The molecule has 7 heteroatoms. The summed E-state index contributed by atoms with van der Waals surface area (Å²) in [5.74, 6) is -0.318. The maximum Gasteiger partial charge on any atom is 0.197 e. The molecule has 5 nitrogen and oxygen atoms in total. The van der Waals surface area contributed by atoms with Crippen LogP contribution in [-0.4, -0.2) is 26.8 Å². The molecular formula is C11H10ClFN4O. The quantitative estimate of drug-likeness (QED) is 0.632. The third kappa shape index (κ3) is 2.84. The van der Waals surface area contributed by atoms with E-state index in [9.17, 15) is 4.39 Å². The predicted molar refractivity (Wildman–Crippen MR) is 65.3 cm³/mol. The molecule has 0 saturated heterocycles. The lowest BCUT2D eigenvalue weighted by Crippen LogP contribution is -2.01. The van der Waals surface area contributed by atoms with Crippen molar-refractivity contribution in [3.8, 4) is 5.69 Å². The summed E-state index contributed by atoms with van der Waals surface area (Å²) in [5, 5.41) is 11.9. The molecule has 94 valence electrons. The van der Waals surface area contributed by atoms with E-state index in [2.05, 4.69) is 15.4 Å². The summed E-state index contributed by atoms with van der Waals surface area (Å²) in [6.07, 6.45) is 1.45. The largest absolute Gasteiger partial charge is 0.395 e. The van der Waals surface area contributed by atoms with Gasteiger partial charge in [0.05, 0.1) is 11.9 Å². The Morgan fingerprint density at radius 2 is 2.17 bits per heavy atom. The van der Waals surface area contributed by atoms with E-state index in [4.69, 9.17) is 16.4 Å². The SMILES string of the molecule is CCON=C(Cl)c1cnn(-c2ccc(F)cc2)n1. The number of benzene rings is 1. The summed E-state index contributed by atoms with van der Waals surface area (Å²) in [6, 6.07) is 5.78. The maximum atomic E-state index is 12.8. The summed E-state index contributed by atoms with van der Waals surface area (Å²) in [7, 11) is 0. The van der Waals surface area contributed by atoms with Crippen LogP contribution in [0.3, 0.4) is 0 Å². The smallest absolute Gasteiger partial charge is 0.197 e. The summed E-state index contributed by atoms with van der Waals surface area (Å²) in [6.45, 7) is 2.21. The van der Waals surface area contributed by atoms with E-state index in [-0.39, 0.29) is 11.0 Å². The molecule has 0 aliphatic carbocycles. The third-order valence-corrected chi connectivity index (χ3v) is 2.30. The van der Waals surface area contributed by atoms with Crippen LogP contribution < -0.4 is 0 Å². The number of hydrogen-bond acceptors (Lipinski definition) is 4. The first-order valence-electron chi connectivity index (χ1n) is 5.25. The zero-order chi connectivity index (χ0) is 13.0. The topological polar surface area (TPSA) is 52.3 Å². The second-order valence-corrected chi connectivity index (χ2v) is 3.65. The highest BCUT2D eigenvalue weighted by atomic mass is 35.5. The van der Waals surface area contributed by atoms with Crippen molar-refractivity contribution in [1.29, 1.82) is 0 Å². The fourth-order valence-electron chi connectivity index (χ4n) is 1.22. The fraction of sp³-hybridized carbons (Fsp3) is 0.182. The summed E-state index contributed by atoms with van der Waals surface area (Å²) < 4.78 is 12.8. The molecule has 1 aromatic carbocycles. The van der Waals surface area contributed by atoms with Crippen LogP contribution in [0.15, 0.2) is 35.6 Å². The van der Waals surface area contributed by atoms with Crippen molar-refractivity contribution in [3.63, 3.8) is 0 Å². The van der Waals surface area contributed by atoms with Gasteiger partial charge in [-0.2, -0.15) is 9.90 Å². The van der Waals surface area contributed by atoms with Gasteiger partial charge in [0.1, 0.15) is 18.1 Å². The van der Waals surface area contributed by atoms with E-state index in [0.717, 1.165) is 0 Å². The average Bonchev–Trinajstić information content (AvgIpc) is 2.86. The summed E-state index contributed by atoms with van der Waals surface area (Å²) >= 11 is 5.86. The van der Waals surface area contributed by atoms with Gasteiger partial charge in [0.2, 0.25) is 0 Å². The van der Waals surface area contributed by atoms with Crippen molar-refractivity contribution >= 4 is 16.8 Å². The van der Waals surface area contributed by atoms with E-state index >= 15 is 0 Å². The molecule has 0 amide bonds. The van der Waals surface area contributed by atoms with Gasteiger partial charge in [-0.15, -0.1) is 5.10 Å². The highest BCUT2D eigenvalue weighted by Gasteiger charge is 2.08. The Balaban J connectivity index is 2.22. The van der Waals surface area contributed by atoms with Gasteiger partial charge in [-0.25, -0.2) is 4.39 Å². The van der Waals surface area contributed by atoms with E-state index < -0.39 is 0 Å². The van der Waals surface area contributed by atoms with Crippen LogP contribution in [0.4, 0.5) is 4.39 Å². The van der Waals surface area contributed by atoms with Gasteiger partial charge in [-0.3, -0.25) is 0 Å². The number of nitrogens with zero attached hydrogens (tertiary/aromatic N) is 4. The molecule has 0 spiro atoms. The Kier molecular flexibility index (Phi) is 3.88. The van der Waals surface area contributed by atoms with Crippen molar-refractivity contribution in [1.82, 2.24) is 15.0 Å². The minimum absolute atomic E-state index is 0.116. The first-order chi connectivity index (χ1) is 8.70. The summed E-state index contributed by atoms with van der Waals surface area (Å²) in [5.41, 5.74) is 1.01. The van der Waals surface area contributed by atoms with Crippen molar-refractivity contribution in [2.75, 3.05) is 6.61 Å². The molecule has 0 saturated carbocycles. The van der Waals surface area contributed by atoms with E-state index in [0.29, 0.717) is 18.0 Å². The molecule has 0 unspecified atom stereocenters. The minimum Gasteiger partial charge on any atom is -0.395 e. The van der Waals surface area contributed by atoms with Gasteiger partial charge in [0.15, 0.2) is 5.17 Å². The Hall–Kier alpha value is -1.95. The average molecular weight is 269 g/mol. The molecule has 2 rings (SSSR count). The van der Waals surface area contributed by atoms with Crippen molar-refractivity contribution in [2.24, 2.45) is 5.16 Å². The van der Waals surface area contributed by atoms with Crippen LogP contribution in [0.5, 0.6) is 0 Å². The molecule has 0 fully saturated rings. The molecule has 2 aromatic rings. The van der Waals surface area contributed by atoms with Crippen LogP contribution >= 0.6 is 11.6 Å². The highest BCUT2D eigenvalue weighted by Crippen LogP contribution is 2.08. The standard InChI is InChI=1S/C11H10ClFN4O/c1-2-18-16-11(12)10-7-14-17(15-10)9-5-3-8(13)4-6-9/h3-7H,2H2,1H3. The molecule has 0 atom stereocenters. The third-order valence-electron chi connectivity index (χ3n) is 2.03. The number of aromatic nitrogens is 3. The molecule has 0 aliphatic rings. The maximum absolute atomic E-state index is 12.8. The van der Waals surface area contributed by atoms with E-state index in [1.807, 2.05) is 0 Å². The van der Waals surface area contributed by atoms with Gasteiger partial charge in [0.25, 0.3) is 0 Å². The predicted octanol–water partition coefficient (Wildman–Crippen LogP) is 2.34. The molecular weight excluding hydrogens is 259 g/mol. The second kappa shape index (κ2) is 5.59. The Morgan fingerprint density at radius 1 is 1.44 bits per heavy atom. The number of oxime groups is 1. The van der Waals surface area contributed by atoms with Crippen LogP contribution in [0, 0.1) is 5.82 Å². The zero-order valence-electron chi connectivity index (χ0n) is 9.55. The highest BCUT2D eigenvalue weighted by molar-refractivity contribution is 6.69. The first kappa shape index (κ1) is 12.5. The Bertz CT molecular complexity index is 552. The van der Waals surface area contributed by atoms with Crippen molar-refractivity contribution < 1.29 is 9.23 Å². The monoisotopic (exact) mass is 268 g/mol.